The summed E-state index contributed by atoms with van der Waals surface area (Å²) >= 11 is 5.84. The van der Waals surface area contributed by atoms with Gasteiger partial charge in [-0.05, 0) is 24.3 Å². The minimum absolute atomic E-state index is 0.342. The van der Waals surface area contributed by atoms with E-state index in [9.17, 15) is 14.7 Å². The highest BCUT2D eigenvalue weighted by molar-refractivity contribution is 6.32. The van der Waals surface area contributed by atoms with Crippen LogP contribution in [0.3, 0.4) is 0 Å². The van der Waals surface area contributed by atoms with Gasteiger partial charge in [-0.3, -0.25) is 4.79 Å². The van der Waals surface area contributed by atoms with Gasteiger partial charge in [0.2, 0.25) is 5.91 Å². The molecule has 1 amide bonds. The fourth-order valence-corrected chi connectivity index (χ4v) is 1.33. The number of carbonyl (C=O) groups is 2. The van der Waals surface area contributed by atoms with E-state index >= 15 is 0 Å². The van der Waals surface area contributed by atoms with Crippen molar-refractivity contribution in [2.24, 2.45) is 0 Å². The zero-order valence-electron chi connectivity index (χ0n) is 8.90. The molecule has 6 heteroatoms. The van der Waals surface area contributed by atoms with Gasteiger partial charge in [-0.15, -0.1) is 0 Å². The summed E-state index contributed by atoms with van der Waals surface area (Å²) in [5.41, 5.74) is 0.434. The largest absolute Gasteiger partial charge is 0.545 e. The number of halogens is 1. The Morgan fingerprint density at radius 2 is 2.12 bits per heavy atom. The Labute approximate surface area is 103 Å². The van der Waals surface area contributed by atoms with Crippen molar-refractivity contribution in [1.29, 1.82) is 0 Å². The Bertz CT molecular complexity index is 471. The number of rotatable bonds is 4. The lowest BCUT2D eigenvalue weighted by Gasteiger charge is -2.06. The number of carboxylic acids is 1. The third-order valence-electron chi connectivity index (χ3n) is 1.79. The first kappa shape index (κ1) is 13.1. The van der Waals surface area contributed by atoms with Crippen molar-refractivity contribution < 1.29 is 19.4 Å². The molecule has 17 heavy (non-hydrogen) atoms. The molecule has 0 aliphatic heterocycles. The van der Waals surface area contributed by atoms with Gasteiger partial charge in [0.1, 0.15) is 5.75 Å². The number of aliphatic carboxylic acids is 1. The maximum Gasteiger partial charge on any atom is 0.248 e. The highest BCUT2D eigenvalue weighted by Crippen LogP contribution is 2.27. The molecule has 0 fully saturated rings. The molecule has 0 aromatic heterocycles. The third kappa shape index (κ3) is 4.16. The van der Waals surface area contributed by atoms with Crippen LogP contribution in [0.25, 0.3) is 0 Å². The summed E-state index contributed by atoms with van der Waals surface area (Å²) in [6.07, 6.45) is 1.49. The Balaban J connectivity index is 2.72. The minimum Gasteiger partial charge on any atom is -0.545 e. The lowest BCUT2D eigenvalue weighted by Crippen LogP contribution is -2.20. The van der Waals surface area contributed by atoms with E-state index in [2.05, 4.69) is 5.32 Å². The normalized spacial score (nSPS) is 10.2. The number of nitrogens with one attached hydrogen (secondary N) is 1. The van der Waals surface area contributed by atoms with Crippen LogP contribution in [0.5, 0.6) is 5.75 Å². The fourth-order valence-electron chi connectivity index (χ4n) is 1.07. The third-order valence-corrected chi connectivity index (χ3v) is 2.09. The number of carbonyl (C=O) groups excluding carboxylic acids is 2. The predicted molar refractivity (Wildman–Crippen MR) is 60.8 cm³/mol. The number of hydrogen-bond donors (Lipinski definition) is 1. The number of hydrogen-bond acceptors (Lipinski definition) is 4. The molecule has 0 saturated carbocycles. The second kappa shape index (κ2) is 5.91. The van der Waals surface area contributed by atoms with E-state index in [-0.39, 0.29) is 0 Å². The average Bonchev–Trinajstić information content (AvgIpc) is 2.26. The quantitative estimate of drug-likeness (QED) is 0.798. The first-order valence-electron chi connectivity index (χ1n) is 4.56. The zero-order valence-corrected chi connectivity index (χ0v) is 9.65. The summed E-state index contributed by atoms with van der Waals surface area (Å²) in [6, 6.07) is 4.65. The smallest absolute Gasteiger partial charge is 0.248 e. The lowest BCUT2D eigenvalue weighted by molar-refractivity contribution is -0.297. The molecular weight excluding hydrogens is 246 g/mol. The average molecular weight is 255 g/mol. The van der Waals surface area contributed by atoms with E-state index < -0.39 is 11.9 Å². The molecule has 0 saturated heterocycles. The van der Waals surface area contributed by atoms with Gasteiger partial charge in [0, 0.05) is 11.8 Å². The molecule has 5 nitrogen and oxygen atoms in total. The number of amides is 1. The van der Waals surface area contributed by atoms with E-state index in [0.29, 0.717) is 22.5 Å². The fraction of sp³-hybridized carbons (Fsp3) is 0.0909. The van der Waals surface area contributed by atoms with Crippen molar-refractivity contribution in [3.8, 4) is 5.75 Å². The Hall–Kier alpha value is -2.01. The van der Waals surface area contributed by atoms with Crippen molar-refractivity contribution >= 4 is 29.2 Å². The maximum absolute atomic E-state index is 11.2. The van der Waals surface area contributed by atoms with Crippen LogP contribution >= 0.6 is 11.6 Å². The molecular formula is C11H9ClNO4-. The van der Waals surface area contributed by atoms with Gasteiger partial charge in [0.15, 0.2) is 0 Å². The van der Waals surface area contributed by atoms with Gasteiger partial charge in [0.25, 0.3) is 0 Å². The van der Waals surface area contributed by atoms with Crippen molar-refractivity contribution in [3.63, 3.8) is 0 Å². The molecule has 0 bridgehead atoms. The van der Waals surface area contributed by atoms with E-state index in [1.165, 1.54) is 13.2 Å². The van der Waals surface area contributed by atoms with Crippen LogP contribution in [0, 0.1) is 0 Å². The van der Waals surface area contributed by atoms with Crippen molar-refractivity contribution in [1.82, 2.24) is 0 Å². The number of anilines is 1. The van der Waals surface area contributed by atoms with Crippen molar-refractivity contribution in [3.05, 3.63) is 35.4 Å². The minimum atomic E-state index is -1.44. The summed E-state index contributed by atoms with van der Waals surface area (Å²) in [6.45, 7) is 0. The van der Waals surface area contributed by atoms with Gasteiger partial charge >= 0.3 is 0 Å². The maximum atomic E-state index is 11.2. The Morgan fingerprint density at radius 1 is 1.41 bits per heavy atom. The van der Waals surface area contributed by atoms with Crippen LogP contribution < -0.4 is 15.2 Å². The molecule has 0 unspecified atom stereocenters. The molecule has 1 aromatic rings. The van der Waals surface area contributed by atoms with Gasteiger partial charge in [-0.2, -0.15) is 0 Å². The SMILES string of the molecule is COc1ccc(NC(=O)/C=C\C(=O)[O-])cc1Cl. The number of methoxy groups -OCH3 is 1. The summed E-state index contributed by atoms with van der Waals surface area (Å²) in [7, 11) is 1.47. The number of benzene rings is 1. The second-order valence-corrected chi connectivity index (χ2v) is 3.40. The molecule has 0 aliphatic carbocycles. The molecule has 1 rings (SSSR count). The van der Waals surface area contributed by atoms with Gasteiger partial charge in [-0.1, -0.05) is 11.6 Å². The van der Waals surface area contributed by atoms with Crippen LogP contribution in [-0.2, 0) is 9.59 Å². The van der Waals surface area contributed by atoms with E-state index in [1.54, 1.807) is 12.1 Å². The summed E-state index contributed by atoms with van der Waals surface area (Å²) in [4.78, 5) is 21.3. The number of ether oxygens (including phenoxy) is 1. The molecule has 0 aliphatic rings. The standard InChI is InChI=1S/C11H10ClNO4/c1-17-9-3-2-7(6-8(9)12)13-10(14)4-5-11(15)16/h2-6H,1H3,(H,13,14)(H,15,16)/p-1/b5-4-. The predicted octanol–water partition coefficient (Wildman–Crippen LogP) is 0.593. The Morgan fingerprint density at radius 3 is 2.65 bits per heavy atom. The van der Waals surface area contributed by atoms with E-state index in [4.69, 9.17) is 16.3 Å². The molecule has 0 atom stereocenters. The van der Waals surface area contributed by atoms with Crippen LogP contribution in [0.4, 0.5) is 5.69 Å². The molecule has 1 N–H and O–H groups in total. The van der Waals surface area contributed by atoms with Gasteiger partial charge in [0.05, 0.1) is 18.1 Å². The highest BCUT2D eigenvalue weighted by Gasteiger charge is 2.03. The van der Waals surface area contributed by atoms with Crippen LogP contribution in [0.1, 0.15) is 0 Å². The van der Waals surface area contributed by atoms with Crippen LogP contribution in [0.2, 0.25) is 5.02 Å². The zero-order chi connectivity index (χ0) is 12.8. The Kier molecular flexibility index (Phi) is 4.54. The van der Waals surface area contributed by atoms with Crippen molar-refractivity contribution in [2.45, 2.75) is 0 Å². The molecule has 1 aromatic carbocycles. The monoisotopic (exact) mass is 254 g/mol. The van der Waals surface area contributed by atoms with Crippen LogP contribution in [0.15, 0.2) is 30.4 Å². The second-order valence-electron chi connectivity index (χ2n) is 2.99. The molecule has 90 valence electrons. The van der Waals surface area contributed by atoms with Crippen LogP contribution in [-0.4, -0.2) is 19.0 Å². The highest BCUT2D eigenvalue weighted by atomic mass is 35.5. The topological polar surface area (TPSA) is 78.5 Å². The first-order chi connectivity index (χ1) is 8.02. The first-order valence-corrected chi connectivity index (χ1v) is 4.94. The summed E-state index contributed by atoms with van der Waals surface area (Å²) in [5.74, 6) is -1.54. The van der Waals surface area contributed by atoms with E-state index in [0.717, 1.165) is 6.08 Å². The molecule has 0 radical (unpaired) electrons. The summed E-state index contributed by atoms with van der Waals surface area (Å²) < 4.78 is 4.94. The molecule has 0 heterocycles. The number of carboxylic acid groups (broad SMARTS) is 1. The van der Waals surface area contributed by atoms with Gasteiger partial charge in [-0.25, -0.2) is 0 Å². The van der Waals surface area contributed by atoms with Gasteiger partial charge < -0.3 is 20.0 Å². The van der Waals surface area contributed by atoms with E-state index in [1.807, 2.05) is 0 Å². The summed E-state index contributed by atoms with van der Waals surface area (Å²) in [5, 5.41) is 12.9. The molecule has 0 spiro atoms. The lowest BCUT2D eigenvalue weighted by atomic mass is 10.3. The van der Waals surface area contributed by atoms with Crippen molar-refractivity contribution in [2.75, 3.05) is 12.4 Å².